The van der Waals surface area contributed by atoms with Crippen LogP contribution in [0.3, 0.4) is 0 Å². The van der Waals surface area contributed by atoms with E-state index in [2.05, 4.69) is 5.32 Å². The summed E-state index contributed by atoms with van der Waals surface area (Å²) in [5, 5.41) is 2.80. The lowest BCUT2D eigenvalue weighted by Crippen LogP contribution is -2.14. The van der Waals surface area contributed by atoms with Crippen molar-refractivity contribution in [2.24, 2.45) is 0 Å². The van der Waals surface area contributed by atoms with E-state index < -0.39 is 5.97 Å². The van der Waals surface area contributed by atoms with Crippen LogP contribution in [-0.2, 0) is 15.3 Å². The molecule has 0 saturated heterocycles. The second-order valence-corrected chi connectivity index (χ2v) is 5.71. The van der Waals surface area contributed by atoms with Crippen LogP contribution in [0.15, 0.2) is 40.8 Å². The van der Waals surface area contributed by atoms with Gasteiger partial charge in [0.15, 0.2) is 0 Å². The molecule has 2 rings (SSSR count). The summed E-state index contributed by atoms with van der Waals surface area (Å²) in [6, 6.07) is 10.5. The minimum absolute atomic E-state index is 0.137. The Hall–Kier alpha value is -2.41. The van der Waals surface area contributed by atoms with Gasteiger partial charge in [-0.15, -0.1) is 11.8 Å². The number of carbonyl (C=O) groups excluding carboxylic acids is 2. The molecule has 0 aliphatic rings. The quantitative estimate of drug-likeness (QED) is 0.737. The van der Waals surface area contributed by atoms with E-state index in [1.165, 1.54) is 11.8 Å². The fraction of sp³-hybridized carbons (Fsp3) is 0.294. The second kappa shape index (κ2) is 9.02. The van der Waals surface area contributed by atoms with E-state index in [1.807, 2.05) is 12.1 Å². The van der Waals surface area contributed by atoms with Crippen molar-refractivity contribution in [1.29, 1.82) is 0 Å². The second-order valence-electron chi connectivity index (χ2n) is 4.73. The lowest BCUT2D eigenvalue weighted by atomic mass is 10.3. The Bertz CT molecular complexity index is 698. The number of anilines is 1. The van der Waals surface area contributed by atoms with E-state index in [4.69, 9.17) is 13.9 Å². The van der Waals surface area contributed by atoms with Crippen LogP contribution in [0.5, 0.6) is 5.75 Å². The summed E-state index contributed by atoms with van der Waals surface area (Å²) in [6.45, 7) is 2.03. The van der Waals surface area contributed by atoms with Gasteiger partial charge in [0, 0.05) is 0 Å². The van der Waals surface area contributed by atoms with Gasteiger partial charge in [-0.05, 0) is 31.2 Å². The van der Waals surface area contributed by atoms with Crippen LogP contribution in [0.2, 0.25) is 0 Å². The van der Waals surface area contributed by atoms with Crippen molar-refractivity contribution in [2.75, 3.05) is 24.8 Å². The minimum Gasteiger partial charge on any atom is -0.495 e. The molecule has 0 radical (unpaired) electrons. The fourth-order valence-electron chi connectivity index (χ4n) is 1.95. The van der Waals surface area contributed by atoms with E-state index in [1.54, 1.807) is 38.3 Å². The maximum Gasteiger partial charge on any atom is 0.374 e. The maximum absolute atomic E-state index is 12.0. The third-order valence-corrected chi connectivity index (χ3v) is 3.95. The normalized spacial score (nSPS) is 10.2. The van der Waals surface area contributed by atoms with Gasteiger partial charge < -0.3 is 19.2 Å². The van der Waals surface area contributed by atoms with Crippen molar-refractivity contribution in [3.05, 3.63) is 47.9 Å². The molecular weight excluding hydrogens is 330 g/mol. The van der Waals surface area contributed by atoms with Gasteiger partial charge in [-0.1, -0.05) is 12.1 Å². The van der Waals surface area contributed by atoms with Crippen molar-refractivity contribution < 1.29 is 23.5 Å². The summed E-state index contributed by atoms with van der Waals surface area (Å²) in [6.07, 6.45) is 0. The number of hydrogen-bond acceptors (Lipinski definition) is 6. The van der Waals surface area contributed by atoms with Crippen LogP contribution < -0.4 is 10.1 Å². The SMILES string of the molecule is CCOC(=O)c1ccc(CSCC(=O)Nc2ccccc2OC)o1. The largest absolute Gasteiger partial charge is 0.495 e. The molecule has 1 N–H and O–H groups in total. The Balaban J connectivity index is 1.79. The molecule has 0 aliphatic heterocycles. The molecule has 128 valence electrons. The first-order valence-electron chi connectivity index (χ1n) is 7.40. The first kappa shape index (κ1) is 17.9. The highest BCUT2D eigenvalue weighted by Gasteiger charge is 2.12. The molecule has 0 saturated carbocycles. The van der Waals surface area contributed by atoms with Crippen molar-refractivity contribution in [3.8, 4) is 5.75 Å². The predicted molar refractivity (Wildman–Crippen MR) is 92.5 cm³/mol. The van der Waals surface area contributed by atoms with Crippen LogP contribution in [0.25, 0.3) is 0 Å². The summed E-state index contributed by atoms with van der Waals surface area (Å²) in [4.78, 5) is 23.5. The molecule has 0 unspecified atom stereocenters. The third kappa shape index (κ3) is 5.06. The number of methoxy groups -OCH3 is 1. The maximum atomic E-state index is 12.0. The van der Waals surface area contributed by atoms with Gasteiger partial charge in [0.05, 0.1) is 30.9 Å². The summed E-state index contributed by atoms with van der Waals surface area (Å²) in [7, 11) is 1.55. The number of para-hydroxylation sites is 2. The zero-order valence-corrected chi connectivity index (χ0v) is 14.4. The Morgan fingerprint density at radius 1 is 1.21 bits per heavy atom. The van der Waals surface area contributed by atoms with Gasteiger partial charge in [0.25, 0.3) is 0 Å². The van der Waals surface area contributed by atoms with Gasteiger partial charge in [0.2, 0.25) is 11.7 Å². The molecule has 7 heteroatoms. The smallest absolute Gasteiger partial charge is 0.374 e. The van der Waals surface area contributed by atoms with Crippen molar-refractivity contribution in [2.45, 2.75) is 12.7 Å². The molecule has 24 heavy (non-hydrogen) atoms. The van der Waals surface area contributed by atoms with Crippen LogP contribution in [0.1, 0.15) is 23.2 Å². The van der Waals surface area contributed by atoms with Crippen LogP contribution in [0, 0.1) is 0 Å². The third-order valence-electron chi connectivity index (χ3n) is 3.00. The van der Waals surface area contributed by atoms with E-state index in [0.29, 0.717) is 29.6 Å². The molecular formula is C17H19NO5S. The lowest BCUT2D eigenvalue weighted by molar-refractivity contribution is -0.113. The molecule has 2 aromatic rings. The van der Waals surface area contributed by atoms with Crippen LogP contribution in [-0.4, -0.2) is 31.3 Å². The highest BCUT2D eigenvalue weighted by Crippen LogP contribution is 2.23. The topological polar surface area (TPSA) is 77.8 Å². The number of nitrogens with one attached hydrogen (secondary N) is 1. The molecule has 0 aliphatic carbocycles. The number of esters is 1. The van der Waals surface area contributed by atoms with Crippen molar-refractivity contribution in [3.63, 3.8) is 0 Å². The molecule has 0 atom stereocenters. The summed E-state index contributed by atoms with van der Waals surface area (Å²) in [5.74, 6) is 1.52. The number of rotatable bonds is 8. The number of benzene rings is 1. The lowest BCUT2D eigenvalue weighted by Gasteiger charge is -2.09. The Kier molecular flexibility index (Phi) is 6.74. The minimum atomic E-state index is -0.484. The average Bonchev–Trinajstić information content (AvgIpc) is 3.04. The van der Waals surface area contributed by atoms with Crippen molar-refractivity contribution in [1.82, 2.24) is 0 Å². The zero-order chi connectivity index (χ0) is 17.4. The Morgan fingerprint density at radius 3 is 2.75 bits per heavy atom. The first-order valence-corrected chi connectivity index (χ1v) is 8.56. The van der Waals surface area contributed by atoms with Gasteiger partial charge in [-0.25, -0.2) is 4.79 Å². The number of thioether (sulfide) groups is 1. The Morgan fingerprint density at radius 2 is 2.00 bits per heavy atom. The van der Waals surface area contributed by atoms with Gasteiger partial charge in [-0.2, -0.15) is 0 Å². The van der Waals surface area contributed by atoms with E-state index in [9.17, 15) is 9.59 Å². The summed E-state index contributed by atoms with van der Waals surface area (Å²) >= 11 is 1.39. The van der Waals surface area contributed by atoms with Gasteiger partial charge >= 0.3 is 5.97 Å². The highest BCUT2D eigenvalue weighted by atomic mass is 32.2. The summed E-state index contributed by atoms with van der Waals surface area (Å²) in [5.41, 5.74) is 0.633. The fourth-order valence-corrected chi connectivity index (χ4v) is 2.66. The molecule has 0 fully saturated rings. The zero-order valence-electron chi connectivity index (χ0n) is 13.5. The molecule has 1 aromatic carbocycles. The number of ether oxygens (including phenoxy) is 2. The van der Waals surface area contributed by atoms with E-state index >= 15 is 0 Å². The number of furan rings is 1. The van der Waals surface area contributed by atoms with E-state index in [-0.39, 0.29) is 17.4 Å². The molecule has 0 spiro atoms. The first-order chi connectivity index (χ1) is 11.6. The average molecular weight is 349 g/mol. The van der Waals surface area contributed by atoms with Crippen molar-refractivity contribution >= 4 is 29.3 Å². The molecule has 6 nitrogen and oxygen atoms in total. The molecule has 1 aromatic heterocycles. The van der Waals surface area contributed by atoms with Gasteiger partial charge in [-0.3, -0.25) is 4.79 Å². The molecule has 1 amide bonds. The Labute approximate surface area is 144 Å². The van der Waals surface area contributed by atoms with Crippen LogP contribution >= 0.6 is 11.8 Å². The monoisotopic (exact) mass is 349 g/mol. The molecule has 0 bridgehead atoms. The predicted octanol–water partition coefficient (Wildman–Crippen LogP) is 3.34. The number of amides is 1. The number of carbonyl (C=O) groups is 2. The van der Waals surface area contributed by atoms with E-state index in [0.717, 1.165) is 0 Å². The summed E-state index contributed by atoms with van der Waals surface area (Å²) < 4.78 is 15.4. The standard InChI is InChI=1S/C17H19NO5S/c1-3-22-17(20)15-9-8-12(23-15)10-24-11-16(19)18-13-6-4-5-7-14(13)21-2/h4-9H,3,10-11H2,1-2H3,(H,18,19). The highest BCUT2D eigenvalue weighted by molar-refractivity contribution is 7.99. The number of hydrogen-bond donors (Lipinski definition) is 1. The molecule has 1 heterocycles. The van der Waals surface area contributed by atoms with Gasteiger partial charge in [0.1, 0.15) is 11.5 Å². The van der Waals surface area contributed by atoms with Crippen LogP contribution in [0.4, 0.5) is 5.69 Å².